The summed E-state index contributed by atoms with van der Waals surface area (Å²) in [6.07, 6.45) is 0.0299. The lowest BCUT2D eigenvalue weighted by molar-refractivity contribution is -0.141. The highest BCUT2D eigenvalue weighted by atomic mass is 16.5. The fraction of sp³-hybridized carbons (Fsp3) is 0.250. The molecule has 1 atom stereocenters. The van der Waals surface area contributed by atoms with Crippen LogP contribution >= 0.6 is 0 Å². The molecule has 0 saturated heterocycles. The van der Waals surface area contributed by atoms with Crippen molar-refractivity contribution in [2.75, 3.05) is 13.7 Å². The molecule has 0 radical (unpaired) electrons. The molecule has 0 aliphatic heterocycles. The third-order valence-corrected chi connectivity index (χ3v) is 3.77. The average Bonchev–Trinajstić information content (AvgIpc) is 2.66. The molecule has 0 fully saturated rings. The van der Waals surface area contributed by atoms with Crippen LogP contribution in [0.15, 0.2) is 48.5 Å². The third kappa shape index (κ3) is 5.64. The van der Waals surface area contributed by atoms with Crippen LogP contribution in [0.1, 0.15) is 29.2 Å². The van der Waals surface area contributed by atoms with Crippen molar-refractivity contribution in [2.45, 2.75) is 19.4 Å². The van der Waals surface area contributed by atoms with Gasteiger partial charge in [-0.05, 0) is 36.8 Å². The molecule has 0 bridgehead atoms. The number of nitrogens with zero attached hydrogens (tertiary/aromatic N) is 1. The maximum atomic E-state index is 12.2. The number of hydrogen-bond acceptors (Lipinski definition) is 5. The first-order chi connectivity index (χ1) is 12.5. The molecule has 2 aromatic rings. The number of aryl methyl sites for hydroxylation is 1. The zero-order chi connectivity index (χ0) is 18.9. The van der Waals surface area contributed by atoms with E-state index in [9.17, 15) is 9.59 Å². The Morgan fingerprint density at radius 2 is 1.77 bits per heavy atom. The molecule has 0 aromatic heterocycles. The van der Waals surface area contributed by atoms with Gasteiger partial charge in [0.1, 0.15) is 5.75 Å². The van der Waals surface area contributed by atoms with Crippen molar-refractivity contribution >= 4 is 11.9 Å². The van der Waals surface area contributed by atoms with Gasteiger partial charge in [0.25, 0.3) is 5.91 Å². The van der Waals surface area contributed by atoms with E-state index in [2.05, 4.69) is 5.32 Å². The zero-order valence-electron chi connectivity index (χ0n) is 14.7. The summed E-state index contributed by atoms with van der Waals surface area (Å²) in [6.45, 7) is 1.76. The molecule has 0 saturated carbocycles. The summed E-state index contributed by atoms with van der Waals surface area (Å²) in [5.41, 5.74) is 2.41. The summed E-state index contributed by atoms with van der Waals surface area (Å²) >= 11 is 0. The zero-order valence-corrected chi connectivity index (χ0v) is 14.7. The molecule has 1 unspecified atom stereocenters. The predicted molar refractivity (Wildman–Crippen MR) is 95.3 cm³/mol. The first-order valence-corrected chi connectivity index (χ1v) is 8.07. The van der Waals surface area contributed by atoms with Gasteiger partial charge >= 0.3 is 5.97 Å². The largest absolute Gasteiger partial charge is 0.484 e. The Morgan fingerprint density at radius 1 is 1.12 bits per heavy atom. The Balaban J connectivity index is 1.99. The van der Waals surface area contributed by atoms with Crippen LogP contribution in [0.4, 0.5) is 0 Å². The first-order valence-electron chi connectivity index (χ1n) is 8.07. The van der Waals surface area contributed by atoms with Gasteiger partial charge in [0.15, 0.2) is 6.61 Å². The molecule has 0 heterocycles. The number of ether oxygens (including phenoxy) is 2. The number of nitriles is 1. The van der Waals surface area contributed by atoms with Crippen LogP contribution in [-0.2, 0) is 14.3 Å². The average molecular weight is 352 g/mol. The van der Waals surface area contributed by atoms with Crippen LogP contribution in [0.5, 0.6) is 5.75 Å². The molecule has 6 heteroatoms. The summed E-state index contributed by atoms with van der Waals surface area (Å²) in [4.78, 5) is 23.9. The molecule has 2 rings (SSSR count). The maximum absolute atomic E-state index is 12.2. The molecular formula is C20H20N2O4. The highest BCUT2D eigenvalue weighted by Gasteiger charge is 2.19. The third-order valence-electron chi connectivity index (χ3n) is 3.77. The fourth-order valence-electron chi connectivity index (χ4n) is 2.31. The minimum atomic E-state index is -0.500. The number of carbonyl (C=O) groups excluding carboxylic acids is 2. The van der Waals surface area contributed by atoms with E-state index in [1.54, 1.807) is 24.3 Å². The number of benzene rings is 2. The highest BCUT2D eigenvalue weighted by molar-refractivity contribution is 5.79. The quantitative estimate of drug-likeness (QED) is 0.774. The molecule has 0 spiro atoms. The summed E-state index contributed by atoms with van der Waals surface area (Å²) < 4.78 is 10.1. The molecule has 2 aromatic carbocycles. The minimum Gasteiger partial charge on any atom is -0.484 e. The van der Waals surface area contributed by atoms with Gasteiger partial charge in [-0.2, -0.15) is 5.26 Å². The van der Waals surface area contributed by atoms with E-state index >= 15 is 0 Å². The fourth-order valence-corrected chi connectivity index (χ4v) is 2.31. The van der Waals surface area contributed by atoms with Crippen molar-refractivity contribution in [3.63, 3.8) is 0 Å². The van der Waals surface area contributed by atoms with Crippen LogP contribution in [-0.4, -0.2) is 25.6 Å². The molecule has 1 N–H and O–H groups in total. The smallest absolute Gasteiger partial charge is 0.307 e. The molecule has 26 heavy (non-hydrogen) atoms. The first kappa shape index (κ1) is 19.0. The number of esters is 1. The van der Waals surface area contributed by atoms with Crippen molar-refractivity contribution in [3.8, 4) is 11.8 Å². The van der Waals surface area contributed by atoms with Gasteiger partial charge in [0.2, 0.25) is 0 Å². The van der Waals surface area contributed by atoms with E-state index in [-0.39, 0.29) is 18.9 Å². The number of nitrogens with one attached hydrogen (secondary N) is 1. The summed E-state index contributed by atoms with van der Waals surface area (Å²) in [5.74, 6) is -0.285. The molecular weight excluding hydrogens is 332 g/mol. The van der Waals surface area contributed by atoms with Crippen molar-refractivity contribution in [3.05, 3.63) is 65.2 Å². The van der Waals surface area contributed by atoms with Crippen LogP contribution in [0.25, 0.3) is 0 Å². The van der Waals surface area contributed by atoms with Crippen LogP contribution in [0.3, 0.4) is 0 Å². The summed E-state index contributed by atoms with van der Waals surface area (Å²) in [6, 6.07) is 15.5. The lowest BCUT2D eigenvalue weighted by Gasteiger charge is -2.18. The SMILES string of the molecule is COC(=O)CC(NC(=O)COc1ccc(C#N)cc1)c1ccc(C)cc1. The monoisotopic (exact) mass is 352 g/mol. The van der Waals surface area contributed by atoms with Gasteiger partial charge < -0.3 is 14.8 Å². The lowest BCUT2D eigenvalue weighted by atomic mass is 10.0. The van der Waals surface area contributed by atoms with Crippen LogP contribution in [0, 0.1) is 18.3 Å². The second kappa shape index (κ2) is 9.23. The number of carbonyl (C=O) groups is 2. The molecule has 0 aliphatic rings. The minimum absolute atomic E-state index is 0.0299. The molecule has 1 amide bonds. The van der Waals surface area contributed by atoms with Crippen LogP contribution in [0.2, 0.25) is 0 Å². The summed E-state index contributed by atoms with van der Waals surface area (Å²) in [7, 11) is 1.31. The van der Waals surface area contributed by atoms with Crippen LogP contribution < -0.4 is 10.1 Å². The second-order valence-corrected chi connectivity index (χ2v) is 5.74. The lowest BCUT2D eigenvalue weighted by Crippen LogP contribution is -2.34. The Bertz CT molecular complexity index is 792. The Kier molecular flexibility index (Phi) is 6.75. The normalized spacial score (nSPS) is 11.1. The van der Waals surface area contributed by atoms with E-state index in [1.807, 2.05) is 37.3 Å². The van der Waals surface area contributed by atoms with Crippen molar-refractivity contribution in [1.82, 2.24) is 5.32 Å². The molecule has 6 nitrogen and oxygen atoms in total. The second-order valence-electron chi connectivity index (χ2n) is 5.74. The van der Waals surface area contributed by atoms with Gasteiger partial charge in [0, 0.05) is 0 Å². The van der Waals surface area contributed by atoms with E-state index in [0.29, 0.717) is 11.3 Å². The Labute approximate surface area is 152 Å². The van der Waals surface area contributed by atoms with Gasteiger partial charge in [-0.15, -0.1) is 0 Å². The van der Waals surface area contributed by atoms with Gasteiger partial charge in [0.05, 0.1) is 31.2 Å². The maximum Gasteiger partial charge on any atom is 0.307 e. The van der Waals surface area contributed by atoms with E-state index in [0.717, 1.165) is 11.1 Å². The van der Waals surface area contributed by atoms with E-state index in [4.69, 9.17) is 14.7 Å². The topological polar surface area (TPSA) is 88.4 Å². The molecule has 0 aliphatic carbocycles. The standard InChI is InChI=1S/C20H20N2O4/c1-14-3-7-16(8-4-14)18(11-20(24)25-2)22-19(23)13-26-17-9-5-15(12-21)6-10-17/h3-10,18H,11,13H2,1-2H3,(H,22,23). The van der Waals surface area contributed by atoms with Gasteiger partial charge in [-0.1, -0.05) is 29.8 Å². The number of amides is 1. The van der Waals surface area contributed by atoms with E-state index < -0.39 is 12.0 Å². The number of hydrogen-bond donors (Lipinski definition) is 1. The predicted octanol–water partition coefficient (Wildman–Crippen LogP) is 2.67. The molecule has 134 valence electrons. The highest BCUT2D eigenvalue weighted by Crippen LogP contribution is 2.18. The summed E-state index contributed by atoms with van der Waals surface area (Å²) in [5, 5.41) is 11.6. The van der Waals surface area contributed by atoms with Crippen molar-refractivity contribution in [2.24, 2.45) is 0 Å². The Hall–Kier alpha value is -3.33. The van der Waals surface area contributed by atoms with Crippen molar-refractivity contribution < 1.29 is 19.1 Å². The van der Waals surface area contributed by atoms with Gasteiger partial charge in [-0.3, -0.25) is 9.59 Å². The number of methoxy groups -OCH3 is 1. The van der Waals surface area contributed by atoms with Crippen molar-refractivity contribution in [1.29, 1.82) is 5.26 Å². The number of rotatable bonds is 7. The van der Waals surface area contributed by atoms with Gasteiger partial charge in [-0.25, -0.2) is 0 Å². The van der Waals surface area contributed by atoms with E-state index in [1.165, 1.54) is 7.11 Å². The Morgan fingerprint density at radius 3 is 2.35 bits per heavy atom.